The lowest BCUT2D eigenvalue weighted by Crippen LogP contribution is -2.41. The third-order valence-corrected chi connectivity index (χ3v) is 5.86. The quantitative estimate of drug-likeness (QED) is 0.775. The number of nitrogens with zero attached hydrogens (tertiary/aromatic N) is 3. The number of likely N-dealkylation sites (tertiary alicyclic amines) is 1. The first-order chi connectivity index (χ1) is 12.4. The summed E-state index contributed by atoms with van der Waals surface area (Å²) in [6.07, 6.45) is 5.30. The molecule has 7 nitrogen and oxygen atoms in total. The summed E-state index contributed by atoms with van der Waals surface area (Å²) in [6, 6.07) is 8.05. The normalized spacial score (nSPS) is 17.6. The van der Waals surface area contributed by atoms with Crippen LogP contribution in [0.3, 0.4) is 0 Å². The Morgan fingerprint density at radius 1 is 1.23 bits per heavy atom. The third-order valence-electron chi connectivity index (χ3n) is 4.15. The van der Waals surface area contributed by atoms with Crippen molar-refractivity contribution in [3.63, 3.8) is 0 Å². The van der Waals surface area contributed by atoms with Gasteiger partial charge in [0.2, 0.25) is 5.95 Å². The van der Waals surface area contributed by atoms with Crippen LogP contribution in [0.5, 0.6) is 0 Å². The summed E-state index contributed by atoms with van der Waals surface area (Å²) in [6.45, 7) is 4.11. The standard InChI is InChI=1S/C17H21N5O2S2/c1-13-4-2-11-22(12-13)17(25)20-14-5-7-15(8-6-14)26(23,24)21-16-18-9-3-10-19-16/h3,5-10,13H,2,4,11-12H2,1H3,(H,20,25)(H,18,19,21)/t13-/m0/s1. The van der Waals surface area contributed by atoms with Gasteiger partial charge in [0.05, 0.1) is 4.90 Å². The summed E-state index contributed by atoms with van der Waals surface area (Å²) in [7, 11) is -3.73. The van der Waals surface area contributed by atoms with Crippen molar-refractivity contribution in [2.45, 2.75) is 24.7 Å². The van der Waals surface area contributed by atoms with Crippen molar-refractivity contribution in [2.24, 2.45) is 5.92 Å². The van der Waals surface area contributed by atoms with Gasteiger partial charge in [-0.25, -0.2) is 23.1 Å². The van der Waals surface area contributed by atoms with Gasteiger partial charge >= 0.3 is 0 Å². The Labute approximate surface area is 158 Å². The molecule has 1 saturated heterocycles. The van der Waals surface area contributed by atoms with E-state index in [1.807, 2.05) is 0 Å². The number of rotatable bonds is 4. The molecular weight excluding hydrogens is 370 g/mol. The van der Waals surface area contributed by atoms with Crippen molar-refractivity contribution in [3.8, 4) is 0 Å². The van der Waals surface area contributed by atoms with Gasteiger partial charge in [-0.15, -0.1) is 0 Å². The van der Waals surface area contributed by atoms with Crippen LogP contribution in [0, 0.1) is 5.92 Å². The fraction of sp³-hybridized carbons (Fsp3) is 0.353. The van der Waals surface area contributed by atoms with Crippen molar-refractivity contribution >= 4 is 39.0 Å². The number of thiocarbonyl (C=S) groups is 1. The molecule has 0 amide bonds. The molecule has 2 N–H and O–H groups in total. The molecule has 1 aromatic heterocycles. The van der Waals surface area contributed by atoms with Crippen LogP contribution in [0.4, 0.5) is 11.6 Å². The van der Waals surface area contributed by atoms with E-state index in [1.165, 1.54) is 30.9 Å². The molecule has 1 aliphatic heterocycles. The van der Waals surface area contributed by atoms with Crippen LogP contribution in [0.25, 0.3) is 0 Å². The molecule has 1 atom stereocenters. The molecule has 0 saturated carbocycles. The van der Waals surface area contributed by atoms with Gasteiger partial charge in [0.25, 0.3) is 10.0 Å². The molecule has 0 bridgehead atoms. The second-order valence-electron chi connectivity index (χ2n) is 6.33. The maximum Gasteiger partial charge on any atom is 0.264 e. The Kier molecular flexibility index (Phi) is 5.67. The second kappa shape index (κ2) is 7.96. The molecule has 2 aromatic rings. The Hall–Kier alpha value is -2.26. The zero-order valence-electron chi connectivity index (χ0n) is 14.4. The van der Waals surface area contributed by atoms with Gasteiger partial charge in [-0.05, 0) is 61.3 Å². The van der Waals surface area contributed by atoms with Gasteiger partial charge in [0.15, 0.2) is 5.11 Å². The van der Waals surface area contributed by atoms with Crippen molar-refractivity contribution < 1.29 is 8.42 Å². The molecule has 2 heterocycles. The van der Waals surface area contributed by atoms with Crippen LogP contribution >= 0.6 is 12.2 Å². The van der Waals surface area contributed by atoms with Gasteiger partial charge in [0.1, 0.15) is 0 Å². The zero-order valence-corrected chi connectivity index (χ0v) is 16.1. The largest absolute Gasteiger partial charge is 0.349 e. The number of sulfonamides is 1. The Morgan fingerprint density at radius 3 is 2.58 bits per heavy atom. The number of nitrogens with one attached hydrogen (secondary N) is 2. The van der Waals surface area contributed by atoms with Crippen LogP contribution in [-0.4, -0.2) is 41.5 Å². The first-order valence-corrected chi connectivity index (χ1v) is 10.3. The highest BCUT2D eigenvalue weighted by Gasteiger charge is 2.19. The number of hydrogen-bond acceptors (Lipinski definition) is 5. The van der Waals surface area contributed by atoms with E-state index in [1.54, 1.807) is 18.2 Å². The lowest BCUT2D eigenvalue weighted by atomic mass is 10.0. The number of anilines is 2. The molecule has 0 unspecified atom stereocenters. The van der Waals surface area contributed by atoms with E-state index in [4.69, 9.17) is 12.2 Å². The summed E-state index contributed by atoms with van der Waals surface area (Å²) in [5, 5.41) is 3.85. The molecule has 1 aromatic carbocycles. The minimum atomic E-state index is -3.73. The summed E-state index contributed by atoms with van der Waals surface area (Å²) >= 11 is 5.47. The van der Waals surface area contributed by atoms with Gasteiger partial charge in [0, 0.05) is 31.2 Å². The van der Waals surface area contributed by atoms with E-state index < -0.39 is 10.0 Å². The van der Waals surface area contributed by atoms with Crippen molar-refractivity contribution in [1.29, 1.82) is 0 Å². The van der Waals surface area contributed by atoms with E-state index in [0.29, 0.717) is 11.0 Å². The van der Waals surface area contributed by atoms with Crippen LogP contribution in [-0.2, 0) is 10.0 Å². The van der Waals surface area contributed by atoms with E-state index in [9.17, 15) is 8.42 Å². The number of benzene rings is 1. The van der Waals surface area contributed by atoms with Crippen LogP contribution in [0.15, 0.2) is 47.6 Å². The Morgan fingerprint density at radius 2 is 1.92 bits per heavy atom. The smallest absolute Gasteiger partial charge is 0.264 e. The Balaban J connectivity index is 1.65. The van der Waals surface area contributed by atoms with Crippen LogP contribution in [0.1, 0.15) is 19.8 Å². The predicted octanol–water partition coefficient (Wildman–Crippen LogP) is 2.71. The molecular formula is C17H21N5O2S2. The van der Waals surface area contributed by atoms with Gasteiger partial charge in [-0.2, -0.15) is 0 Å². The SMILES string of the molecule is C[C@H]1CCCN(C(=S)Nc2ccc(S(=O)(=O)Nc3ncccn3)cc2)C1. The fourth-order valence-electron chi connectivity index (χ4n) is 2.82. The highest BCUT2D eigenvalue weighted by atomic mass is 32.2. The topological polar surface area (TPSA) is 87.2 Å². The predicted molar refractivity (Wildman–Crippen MR) is 105 cm³/mol. The Bertz CT molecular complexity index is 856. The molecule has 26 heavy (non-hydrogen) atoms. The average molecular weight is 392 g/mol. The summed E-state index contributed by atoms with van der Waals surface area (Å²) in [5.41, 5.74) is 0.753. The highest BCUT2D eigenvalue weighted by molar-refractivity contribution is 7.92. The fourth-order valence-corrected chi connectivity index (χ4v) is 4.07. The number of piperidine rings is 1. The van der Waals surface area contributed by atoms with Crippen molar-refractivity contribution in [3.05, 3.63) is 42.7 Å². The van der Waals surface area contributed by atoms with Gasteiger partial charge < -0.3 is 10.2 Å². The molecule has 9 heteroatoms. The summed E-state index contributed by atoms with van der Waals surface area (Å²) < 4.78 is 27.1. The monoisotopic (exact) mass is 391 g/mol. The first kappa shape index (κ1) is 18.5. The van der Waals surface area contributed by atoms with E-state index in [2.05, 4.69) is 31.8 Å². The van der Waals surface area contributed by atoms with Gasteiger partial charge in [-0.3, -0.25) is 0 Å². The minimum absolute atomic E-state index is 0.0371. The number of hydrogen-bond donors (Lipinski definition) is 2. The number of aromatic nitrogens is 2. The lowest BCUT2D eigenvalue weighted by Gasteiger charge is -2.33. The minimum Gasteiger partial charge on any atom is -0.349 e. The van der Waals surface area contributed by atoms with E-state index in [-0.39, 0.29) is 10.8 Å². The molecule has 0 aliphatic carbocycles. The molecule has 0 radical (unpaired) electrons. The second-order valence-corrected chi connectivity index (χ2v) is 8.39. The van der Waals surface area contributed by atoms with Crippen LogP contribution < -0.4 is 10.0 Å². The zero-order chi connectivity index (χ0) is 18.6. The van der Waals surface area contributed by atoms with Crippen LogP contribution in [0.2, 0.25) is 0 Å². The van der Waals surface area contributed by atoms with E-state index >= 15 is 0 Å². The van der Waals surface area contributed by atoms with E-state index in [0.717, 1.165) is 25.2 Å². The molecule has 1 aliphatic rings. The molecule has 138 valence electrons. The van der Waals surface area contributed by atoms with Crippen molar-refractivity contribution in [1.82, 2.24) is 14.9 Å². The average Bonchev–Trinajstić information content (AvgIpc) is 2.62. The van der Waals surface area contributed by atoms with Gasteiger partial charge in [-0.1, -0.05) is 6.92 Å². The third kappa shape index (κ3) is 4.67. The first-order valence-electron chi connectivity index (χ1n) is 8.40. The molecule has 1 fully saturated rings. The maximum absolute atomic E-state index is 12.4. The lowest BCUT2D eigenvalue weighted by molar-refractivity contribution is 0.276. The highest BCUT2D eigenvalue weighted by Crippen LogP contribution is 2.19. The summed E-state index contributed by atoms with van der Waals surface area (Å²) in [5.74, 6) is 0.664. The van der Waals surface area contributed by atoms with Crippen molar-refractivity contribution in [2.75, 3.05) is 23.1 Å². The maximum atomic E-state index is 12.4. The molecule has 3 rings (SSSR count). The molecule has 0 spiro atoms. The summed E-state index contributed by atoms with van der Waals surface area (Å²) in [4.78, 5) is 10.0.